The molecule has 0 aromatic heterocycles. The van der Waals surface area contributed by atoms with Crippen LogP contribution < -0.4 is 10.6 Å². The van der Waals surface area contributed by atoms with Crippen molar-refractivity contribution in [1.29, 1.82) is 0 Å². The maximum atomic E-state index is 14.1. The average molecular weight is 347 g/mol. The molecule has 3 aromatic carbocycles. The maximum Gasteiger partial charge on any atom is 0.247 e. The summed E-state index contributed by atoms with van der Waals surface area (Å²) in [4.78, 5) is 0. The van der Waals surface area contributed by atoms with Crippen molar-refractivity contribution < 1.29 is 4.57 Å². The fourth-order valence-electron chi connectivity index (χ4n) is 2.81. The molecule has 0 unspecified atom stereocenters. The Labute approximate surface area is 149 Å². The summed E-state index contributed by atoms with van der Waals surface area (Å²) in [5, 5.41) is 1.54. The topological polar surface area (TPSA) is 29.4 Å². The summed E-state index contributed by atoms with van der Waals surface area (Å²) in [6.07, 6.45) is 1.75. The Hall–Kier alpha value is -2.44. The second-order valence-electron chi connectivity index (χ2n) is 5.91. The Morgan fingerprint density at radius 2 is 1.20 bits per heavy atom. The van der Waals surface area contributed by atoms with Gasteiger partial charge in [0.25, 0.3) is 0 Å². The zero-order valence-corrected chi connectivity index (χ0v) is 15.3. The Morgan fingerprint density at radius 3 is 1.64 bits per heavy atom. The van der Waals surface area contributed by atoms with Gasteiger partial charge in [0.15, 0.2) is 0 Å². The third-order valence-electron chi connectivity index (χ3n) is 4.07. The molecule has 0 bridgehead atoms. The van der Waals surface area contributed by atoms with E-state index >= 15 is 0 Å². The lowest BCUT2D eigenvalue weighted by Crippen LogP contribution is -2.16. The van der Waals surface area contributed by atoms with Crippen LogP contribution in [0.3, 0.4) is 0 Å². The molecular weight excluding hydrogens is 325 g/mol. The third kappa shape index (κ3) is 3.97. The lowest BCUT2D eigenvalue weighted by molar-refractivity contribution is 0.588. The van der Waals surface area contributed by atoms with Gasteiger partial charge in [-0.05, 0) is 36.2 Å². The fraction of sp³-hybridized carbons (Fsp3) is 0.136. The zero-order valence-electron chi connectivity index (χ0n) is 14.4. The van der Waals surface area contributed by atoms with Crippen LogP contribution in [0, 0.1) is 0 Å². The predicted molar refractivity (Wildman–Crippen MR) is 108 cm³/mol. The van der Waals surface area contributed by atoms with Crippen LogP contribution in [-0.4, -0.2) is 5.71 Å². The number of hydrogen-bond acceptors (Lipinski definition) is 1. The van der Waals surface area contributed by atoms with E-state index in [1.54, 1.807) is 0 Å². The van der Waals surface area contributed by atoms with Gasteiger partial charge in [0, 0.05) is 10.6 Å². The molecule has 0 spiro atoms. The van der Waals surface area contributed by atoms with E-state index in [-0.39, 0.29) is 0 Å². The molecule has 0 saturated heterocycles. The van der Waals surface area contributed by atoms with Crippen molar-refractivity contribution in [2.45, 2.75) is 19.8 Å². The largest absolute Gasteiger partial charge is 0.288 e. The molecule has 0 radical (unpaired) electrons. The van der Waals surface area contributed by atoms with Crippen molar-refractivity contribution in [3.63, 3.8) is 0 Å². The van der Waals surface area contributed by atoms with E-state index < -0.39 is 7.29 Å². The van der Waals surface area contributed by atoms with E-state index in [1.807, 2.05) is 91.0 Å². The minimum Gasteiger partial charge on any atom is -0.288 e. The van der Waals surface area contributed by atoms with Crippen LogP contribution in [0.5, 0.6) is 0 Å². The molecule has 0 N–H and O–H groups in total. The molecule has 2 nitrogen and oxygen atoms in total. The highest BCUT2D eigenvalue weighted by Gasteiger charge is 2.27. The highest BCUT2D eigenvalue weighted by Crippen LogP contribution is 2.45. The molecule has 3 aromatic rings. The van der Waals surface area contributed by atoms with Gasteiger partial charge in [-0.2, -0.15) is 0 Å². The lowest BCUT2D eigenvalue weighted by atomic mass is 10.1. The van der Waals surface area contributed by atoms with E-state index in [4.69, 9.17) is 4.76 Å². The summed E-state index contributed by atoms with van der Waals surface area (Å²) in [7, 11) is -3.09. The smallest absolute Gasteiger partial charge is 0.247 e. The number of benzene rings is 3. The van der Waals surface area contributed by atoms with E-state index in [0.717, 1.165) is 34.7 Å². The van der Waals surface area contributed by atoms with Crippen LogP contribution in [0.2, 0.25) is 0 Å². The molecule has 0 atom stereocenters. The van der Waals surface area contributed by atoms with Crippen LogP contribution in [0.1, 0.15) is 25.3 Å². The second-order valence-corrected chi connectivity index (χ2v) is 8.29. The van der Waals surface area contributed by atoms with E-state index in [1.165, 1.54) is 0 Å². The van der Waals surface area contributed by atoms with Gasteiger partial charge in [-0.3, -0.25) is 4.57 Å². The van der Waals surface area contributed by atoms with Gasteiger partial charge >= 0.3 is 0 Å². The predicted octanol–water partition coefficient (Wildman–Crippen LogP) is 5.20. The Morgan fingerprint density at radius 1 is 0.760 bits per heavy atom. The van der Waals surface area contributed by atoms with Crippen LogP contribution >= 0.6 is 7.29 Å². The first-order valence-corrected chi connectivity index (χ1v) is 10.3. The number of hydrogen-bond donors (Lipinski definition) is 0. The molecule has 3 rings (SSSR count). The minimum atomic E-state index is -3.09. The zero-order chi connectivity index (χ0) is 17.5. The molecular formula is C22H22NOP. The lowest BCUT2D eigenvalue weighted by Gasteiger charge is -2.17. The first-order valence-electron chi connectivity index (χ1n) is 8.60. The van der Waals surface area contributed by atoms with E-state index in [9.17, 15) is 4.57 Å². The normalized spacial score (nSPS) is 12.1. The van der Waals surface area contributed by atoms with Crippen LogP contribution in [-0.2, 0) is 4.57 Å². The van der Waals surface area contributed by atoms with Gasteiger partial charge in [0.2, 0.25) is 7.29 Å². The van der Waals surface area contributed by atoms with Crippen LogP contribution in [0.15, 0.2) is 95.8 Å². The van der Waals surface area contributed by atoms with Gasteiger partial charge in [-0.15, -0.1) is 0 Å². The quantitative estimate of drug-likeness (QED) is 0.445. The summed E-state index contributed by atoms with van der Waals surface area (Å²) in [5.74, 6) is 0. The summed E-state index contributed by atoms with van der Waals surface area (Å²) < 4.78 is 19.0. The van der Waals surface area contributed by atoms with Crippen molar-refractivity contribution in [3.8, 4) is 0 Å². The van der Waals surface area contributed by atoms with Gasteiger partial charge in [0.05, 0.1) is 5.71 Å². The monoisotopic (exact) mass is 347 g/mol. The number of nitrogens with zero attached hydrogens (tertiary/aromatic N) is 1. The Balaban J connectivity index is 2.19. The van der Waals surface area contributed by atoms with E-state index in [0.29, 0.717) is 0 Å². The SMILES string of the molecule is CCCC(=NP(=O)(c1ccccc1)c1ccccc1)c1ccccc1. The molecule has 0 aliphatic rings. The highest BCUT2D eigenvalue weighted by molar-refractivity contribution is 7.77. The molecule has 25 heavy (non-hydrogen) atoms. The molecule has 0 heterocycles. The number of rotatable bonds is 6. The van der Waals surface area contributed by atoms with Crippen molar-refractivity contribution in [1.82, 2.24) is 0 Å². The Bertz CT molecular complexity index is 830. The average Bonchev–Trinajstić information content (AvgIpc) is 2.69. The van der Waals surface area contributed by atoms with Crippen molar-refractivity contribution in [3.05, 3.63) is 96.6 Å². The third-order valence-corrected chi connectivity index (χ3v) is 6.59. The maximum absolute atomic E-state index is 14.1. The summed E-state index contributed by atoms with van der Waals surface area (Å²) in [6, 6.07) is 29.2. The fourth-order valence-corrected chi connectivity index (χ4v) is 5.05. The molecule has 0 fully saturated rings. The van der Waals surface area contributed by atoms with Crippen molar-refractivity contribution in [2.75, 3.05) is 0 Å². The Kier molecular flexibility index (Phi) is 5.63. The van der Waals surface area contributed by atoms with Crippen molar-refractivity contribution >= 4 is 23.6 Å². The molecule has 0 aliphatic carbocycles. The highest BCUT2D eigenvalue weighted by atomic mass is 31.2. The van der Waals surface area contributed by atoms with Crippen LogP contribution in [0.25, 0.3) is 0 Å². The standard InChI is InChI=1S/C22H22NOP/c1-2-12-22(19-13-6-3-7-14-19)23-25(24,20-15-8-4-9-16-20)21-17-10-5-11-18-21/h3-11,13-18H,2,12H2,1H3. The first-order chi connectivity index (χ1) is 12.2. The van der Waals surface area contributed by atoms with Gasteiger partial charge in [0.1, 0.15) is 0 Å². The molecule has 0 aliphatic heterocycles. The molecule has 0 amide bonds. The van der Waals surface area contributed by atoms with Gasteiger partial charge in [-0.1, -0.05) is 80.1 Å². The summed E-state index contributed by atoms with van der Waals surface area (Å²) in [5.41, 5.74) is 1.94. The second kappa shape index (κ2) is 8.09. The van der Waals surface area contributed by atoms with Crippen molar-refractivity contribution in [2.24, 2.45) is 4.76 Å². The van der Waals surface area contributed by atoms with Gasteiger partial charge < -0.3 is 0 Å². The van der Waals surface area contributed by atoms with Crippen LogP contribution in [0.4, 0.5) is 0 Å². The van der Waals surface area contributed by atoms with E-state index in [2.05, 4.69) is 6.92 Å². The summed E-state index contributed by atoms with van der Waals surface area (Å²) in [6.45, 7) is 2.12. The first kappa shape index (κ1) is 17.4. The molecule has 3 heteroatoms. The minimum absolute atomic E-state index is 0.769. The molecule has 126 valence electrons. The van der Waals surface area contributed by atoms with Gasteiger partial charge in [-0.25, -0.2) is 4.76 Å². The molecule has 0 saturated carbocycles. The summed E-state index contributed by atoms with van der Waals surface area (Å²) >= 11 is 0.